The van der Waals surface area contributed by atoms with Gasteiger partial charge in [0.2, 0.25) is 6.29 Å². The number of hydrogen-bond acceptors (Lipinski definition) is 15. The van der Waals surface area contributed by atoms with Crippen LogP contribution >= 0.6 is 0 Å². The molecule has 7 N–H and O–H groups in total. The van der Waals surface area contributed by atoms with Crippen LogP contribution in [0.15, 0.2) is 72.8 Å². The number of phenols is 2. The molecule has 3 aliphatic rings. The van der Waals surface area contributed by atoms with Crippen LogP contribution in [-0.4, -0.2) is 116 Å². The zero-order valence-electron chi connectivity index (χ0n) is 26.3. The molecule has 0 bridgehead atoms. The molecule has 3 aromatic carbocycles. The molecule has 3 heterocycles. The van der Waals surface area contributed by atoms with Gasteiger partial charge in [-0.15, -0.1) is 0 Å². The monoisotopic (exact) mass is 696 g/mol. The maximum Gasteiger partial charge on any atom is 0.330 e. The van der Waals surface area contributed by atoms with Gasteiger partial charge < -0.3 is 64.2 Å². The number of benzene rings is 3. The van der Waals surface area contributed by atoms with E-state index >= 15 is 0 Å². The molecule has 15 nitrogen and oxygen atoms in total. The predicted molar refractivity (Wildman–Crippen MR) is 169 cm³/mol. The number of ketones is 1. The van der Waals surface area contributed by atoms with Crippen molar-refractivity contribution in [2.45, 2.75) is 61.2 Å². The smallest absolute Gasteiger partial charge is 0.330 e. The molecule has 0 aliphatic carbocycles. The third kappa shape index (κ3) is 7.45. The molecule has 3 aliphatic heterocycles. The highest BCUT2D eigenvalue weighted by atomic mass is 16.8. The van der Waals surface area contributed by atoms with Crippen molar-refractivity contribution in [3.63, 3.8) is 0 Å². The molecule has 15 heteroatoms. The average Bonchev–Trinajstić information content (AvgIpc) is 3.38. The van der Waals surface area contributed by atoms with Gasteiger partial charge in [0.1, 0.15) is 65.7 Å². The molecule has 9 atom stereocenters. The van der Waals surface area contributed by atoms with E-state index in [9.17, 15) is 45.3 Å². The lowest BCUT2D eigenvalue weighted by Gasteiger charge is -2.42. The van der Waals surface area contributed by atoms with Crippen molar-refractivity contribution in [2.24, 2.45) is 0 Å². The highest BCUT2D eigenvalue weighted by molar-refractivity contribution is 6.02. The minimum atomic E-state index is -2.12. The summed E-state index contributed by atoms with van der Waals surface area (Å²) in [4.78, 5) is 25.2. The molecule has 0 saturated carbocycles. The summed E-state index contributed by atoms with van der Waals surface area (Å²) in [6, 6.07) is 17.4. The van der Waals surface area contributed by atoms with Gasteiger partial charge in [-0.3, -0.25) is 4.79 Å². The van der Waals surface area contributed by atoms with Gasteiger partial charge in [-0.25, -0.2) is 4.79 Å². The van der Waals surface area contributed by atoms with Gasteiger partial charge in [0.25, 0.3) is 0 Å². The maximum absolute atomic E-state index is 13.0. The topological polar surface area (TPSA) is 231 Å². The zero-order valence-corrected chi connectivity index (χ0v) is 26.3. The molecule has 266 valence electrons. The second kappa shape index (κ2) is 14.7. The van der Waals surface area contributed by atoms with Crippen LogP contribution in [-0.2, 0) is 23.7 Å². The SMILES string of the molecule is O=C(C=Cc1ccccc1)OCC1(O)COC(OC2C(Oc3cc(O)c4c(c3)OC(c3ccc(O)cc3)CC4=O)OC(CO)C(O)C2O)C1O. The van der Waals surface area contributed by atoms with Crippen molar-refractivity contribution in [3.8, 4) is 23.0 Å². The average molecular weight is 697 g/mol. The second-order valence-electron chi connectivity index (χ2n) is 12.1. The Bertz CT molecular complexity index is 1700. The Hall–Kier alpha value is -4.58. The Labute approximate surface area is 285 Å². The minimum Gasteiger partial charge on any atom is -0.508 e. The van der Waals surface area contributed by atoms with Crippen molar-refractivity contribution in [1.82, 2.24) is 0 Å². The number of esters is 1. The van der Waals surface area contributed by atoms with E-state index in [0.717, 1.165) is 17.7 Å². The summed E-state index contributed by atoms with van der Waals surface area (Å²) in [7, 11) is 0. The van der Waals surface area contributed by atoms with Gasteiger partial charge in [-0.1, -0.05) is 42.5 Å². The maximum atomic E-state index is 13.0. The molecular formula is C35H36O15. The van der Waals surface area contributed by atoms with Crippen LogP contribution in [0.25, 0.3) is 6.08 Å². The summed E-state index contributed by atoms with van der Waals surface area (Å²) in [6.45, 7) is -1.96. The molecule has 2 fully saturated rings. The number of fused-ring (bicyclic) bond motifs is 1. The van der Waals surface area contributed by atoms with Crippen LogP contribution < -0.4 is 9.47 Å². The Morgan fingerprint density at radius 1 is 0.980 bits per heavy atom. The molecule has 6 rings (SSSR count). The summed E-state index contributed by atoms with van der Waals surface area (Å²) < 4.78 is 33.9. The second-order valence-corrected chi connectivity index (χ2v) is 12.1. The van der Waals surface area contributed by atoms with E-state index in [2.05, 4.69) is 0 Å². The first-order valence-electron chi connectivity index (χ1n) is 15.7. The van der Waals surface area contributed by atoms with Crippen LogP contribution in [0.5, 0.6) is 23.0 Å². The number of rotatable bonds is 10. The summed E-state index contributed by atoms with van der Waals surface area (Å²) in [5.74, 6) is -1.83. The van der Waals surface area contributed by atoms with E-state index in [4.69, 9.17) is 28.4 Å². The van der Waals surface area contributed by atoms with Gasteiger partial charge in [0, 0.05) is 18.2 Å². The first kappa shape index (κ1) is 35.3. The Morgan fingerprint density at radius 2 is 1.72 bits per heavy atom. The Kier molecular flexibility index (Phi) is 10.4. The number of aromatic hydroxyl groups is 2. The molecule has 50 heavy (non-hydrogen) atoms. The number of phenolic OH excluding ortho intramolecular Hbond substituents is 2. The molecule has 0 amide bonds. The van der Waals surface area contributed by atoms with Crippen LogP contribution in [0.3, 0.4) is 0 Å². The van der Waals surface area contributed by atoms with Crippen molar-refractivity contribution in [1.29, 1.82) is 0 Å². The van der Waals surface area contributed by atoms with Gasteiger partial charge in [0.05, 0.1) is 19.6 Å². The quantitative estimate of drug-likeness (QED) is 0.114. The number of ether oxygens (including phenoxy) is 6. The van der Waals surface area contributed by atoms with Gasteiger partial charge >= 0.3 is 5.97 Å². The molecule has 9 unspecified atom stereocenters. The number of aliphatic hydroxyl groups is 5. The van der Waals surface area contributed by atoms with Crippen molar-refractivity contribution < 1.29 is 73.8 Å². The lowest BCUT2D eigenvalue weighted by Crippen LogP contribution is -2.62. The largest absolute Gasteiger partial charge is 0.508 e. The third-order valence-electron chi connectivity index (χ3n) is 8.59. The van der Waals surface area contributed by atoms with E-state index in [0.29, 0.717) is 5.56 Å². The molecular weight excluding hydrogens is 660 g/mol. The van der Waals surface area contributed by atoms with Crippen molar-refractivity contribution in [3.05, 3.63) is 89.5 Å². The van der Waals surface area contributed by atoms with E-state index in [1.807, 2.05) is 6.07 Å². The van der Waals surface area contributed by atoms with E-state index in [1.165, 1.54) is 24.3 Å². The van der Waals surface area contributed by atoms with Crippen LogP contribution in [0, 0.1) is 0 Å². The molecule has 0 spiro atoms. The first-order valence-corrected chi connectivity index (χ1v) is 15.7. The minimum absolute atomic E-state index is 0.0259. The normalized spacial score (nSPS) is 30.9. The molecule has 2 saturated heterocycles. The summed E-state index contributed by atoms with van der Waals surface area (Å²) in [5.41, 5.74) is -0.882. The zero-order chi connectivity index (χ0) is 35.6. The fourth-order valence-corrected chi connectivity index (χ4v) is 5.81. The predicted octanol–water partition coefficient (Wildman–Crippen LogP) is 0.712. The lowest BCUT2D eigenvalue weighted by atomic mass is 9.95. The van der Waals surface area contributed by atoms with E-state index < -0.39 is 92.1 Å². The van der Waals surface area contributed by atoms with E-state index in [-0.39, 0.29) is 29.2 Å². The standard InChI is InChI=1S/C35H36O15/c36-15-26-29(41)30(42)31(50-34-32(43)35(44,17-46-34)16-45-27(40)11-6-18-4-2-1-3-5-18)33(49-26)47-21-12-22(38)28-23(39)14-24(48-25(28)13-21)19-7-9-20(37)10-8-19/h1-13,24,26,29-34,36-38,41-44H,14-17H2. The van der Waals surface area contributed by atoms with Crippen LogP contribution in [0.2, 0.25) is 0 Å². The molecule has 0 aromatic heterocycles. The molecule has 3 aromatic rings. The van der Waals surface area contributed by atoms with E-state index in [1.54, 1.807) is 36.4 Å². The van der Waals surface area contributed by atoms with Gasteiger partial charge in [-0.2, -0.15) is 0 Å². The van der Waals surface area contributed by atoms with Gasteiger partial charge in [0.15, 0.2) is 23.8 Å². The number of hydrogen-bond donors (Lipinski definition) is 7. The van der Waals surface area contributed by atoms with Gasteiger partial charge in [-0.05, 0) is 29.3 Å². The van der Waals surface area contributed by atoms with Crippen LogP contribution in [0.4, 0.5) is 0 Å². The fourth-order valence-electron chi connectivity index (χ4n) is 5.81. The number of carbonyl (C=O) groups is 2. The summed E-state index contributed by atoms with van der Waals surface area (Å²) in [6.07, 6.45) is -9.73. The lowest BCUT2D eigenvalue weighted by molar-refractivity contribution is -0.318. The highest BCUT2D eigenvalue weighted by Crippen LogP contribution is 2.43. The third-order valence-corrected chi connectivity index (χ3v) is 8.59. The summed E-state index contributed by atoms with van der Waals surface area (Å²) in [5, 5.41) is 73.7. The van der Waals surface area contributed by atoms with Crippen molar-refractivity contribution in [2.75, 3.05) is 19.8 Å². The number of carbonyl (C=O) groups excluding carboxylic acids is 2. The van der Waals surface area contributed by atoms with Crippen molar-refractivity contribution >= 4 is 17.8 Å². The number of Topliss-reactive ketones (excluding diaryl/α,β-unsaturated/α-hetero) is 1. The first-order chi connectivity index (χ1) is 24.0. The fraction of sp³-hybridized carbons (Fsp3) is 0.371. The van der Waals surface area contributed by atoms with Crippen LogP contribution in [0.1, 0.15) is 34.0 Å². The Balaban J connectivity index is 1.16. The molecule has 0 radical (unpaired) electrons. The highest BCUT2D eigenvalue weighted by Gasteiger charge is 2.54. The summed E-state index contributed by atoms with van der Waals surface area (Å²) >= 11 is 0. The number of aliphatic hydroxyl groups excluding tert-OH is 4. The Morgan fingerprint density at radius 3 is 2.44 bits per heavy atom.